The Morgan fingerprint density at radius 1 is 0.957 bits per heavy atom. The Morgan fingerprint density at radius 3 is 2.65 bits per heavy atom. The lowest BCUT2D eigenvalue weighted by Gasteiger charge is -2.12. The van der Waals surface area contributed by atoms with Crippen molar-refractivity contribution in [1.82, 2.24) is 4.98 Å². The van der Waals surface area contributed by atoms with Crippen molar-refractivity contribution < 1.29 is 5.11 Å². The van der Waals surface area contributed by atoms with Crippen molar-refractivity contribution in [2.24, 2.45) is 0 Å². The van der Waals surface area contributed by atoms with Crippen molar-refractivity contribution in [2.75, 3.05) is 5.75 Å². The molecule has 0 amide bonds. The molecule has 1 atom stereocenters. The first-order valence-corrected chi connectivity index (χ1v) is 9.25. The number of aliphatic hydroxyl groups is 1. The van der Waals surface area contributed by atoms with Crippen molar-refractivity contribution in [1.29, 1.82) is 0 Å². The van der Waals surface area contributed by atoms with Crippen molar-refractivity contribution >= 4 is 44.1 Å². The van der Waals surface area contributed by atoms with E-state index < -0.39 is 6.10 Å². The van der Waals surface area contributed by atoms with E-state index in [1.807, 2.05) is 42.5 Å². The van der Waals surface area contributed by atoms with Crippen molar-refractivity contribution in [3.63, 3.8) is 0 Å². The normalized spacial score (nSPS) is 12.7. The van der Waals surface area contributed by atoms with Crippen LogP contribution in [-0.4, -0.2) is 15.8 Å². The Balaban J connectivity index is 1.56. The van der Waals surface area contributed by atoms with Crippen LogP contribution in [0.4, 0.5) is 0 Å². The number of aliphatic hydroxyl groups excluding tert-OH is 1. The van der Waals surface area contributed by atoms with Gasteiger partial charge in [0.15, 0.2) is 4.34 Å². The highest BCUT2D eigenvalue weighted by molar-refractivity contribution is 8.01. The van der Waals surface area contributed by atoms with E-state index >= 15 is 0 Å². The summed E-state index contributed by atoms with van der Waals surface area (Å²) in [6.45, 7) is 0. The van der Waals surface area contributed by atoms with Crippen LogP contribution in [0.15, 0.2) is 71.1 Å². The molecule has 114 valence electrons. The summed E-state index contributed by atoms with van der Waals surface area (Å²) in [6.07, 6.45) is -0.502. The Kier molecular flexibility index (Phi) is 4.04. The molecule has 4 aromatic rings. The summed E-state index contributed by atoms with van der Waals surface area (Å²) in [5, 5.41) is 12.9. The van der Waals surface area contributed by atoms with Gasteiger partial charge in [-0.05, 0) is 28.5 Å². The van der Waals surface area contributed by atoms with Gasteiger partial charge in [-0.2, -0.15) is 0 Å². The first-order valence-electron chi connectivity index (χ1n) is 7.45. The van der Waals surface area contributed by atoms with Crippen LogP contribution in [0.1, 0.15) is 11.7 Å². The largest absolute Gasteiger partial charge is 0.388 e. The molecule has 1 unspecified atom stereocenters. The molecule has 1 aromatic heterocycles. The van der Waals surface area contributed by atoms with Gasteiger partial charge in [0.2, 0.25) is 0 Å². The highest BCUT2D eigenvalue weighted by Gasteiger charge is 2.13. The molecule has 0 fully saturated rings. The van der Waals surface area contributed by atoms with E-state index in [4.69, 9.17) is 0 Å². The van der Waals surface area contributed by atoms with Crippen LogP contribution in [-0.2, 0) is 0 Å². The van der Waals surface area contributed by atoms with Gasteiger partial charge in [-0.1, -0.05) is 66.4 Å². The van der Waals surface area contributed by atoms with Crippen LogP contribution in [0.3, 0.4) is 0 Å². The second kappa shape index (κ2) is 6.32. The molecule has 4 heteroatoms. The minimum absolute atomic E-state index is 0.502. The van der Waals surface area contributed by atoms with Gasteiger partial charge in [0.1, 0.15) is 0 Å². The predicted octanol–water partition coefficient (Wildman–Crippen LogP) is 5.28. The first kappa shape index (κ1) is 14.7. The Hall–Kier alpha value is -1.88. The number of hydrogen-bond acceptors (Lipinski definition) is 4. The summed E-state index contributed by atoms with van der Waals surface area (Å²) < 4.78 is 2.19. The maximum absolute atomic E-state index is 10.6. The summed E-state index contributed by atoms with van der Waals surface area (Å²) in [4.78, 5) is 4.61. The summed E-state index contributed by atoms with van der Waals surface area (Å²) in [5.74, 6) is 0.605. The average Bonchev–Trinajstić information content (AvgIpc) is 3.02. The summed E-state index contributed by atoms with van der Waals surface area (Å²) in [6, 6.07) is 22.4. The fraction of sp³-hybridized carbons (Fsp3) is 0.105. The van der Waals surface area contributed by atoms with Crippen LogP contribution in [0.5, 0.6) is 0 Å². The molecule has 0 aliphatic carbocycles. The van der Waals surface area contributed by atoms with E-state index in [9.17, 15) is 5.11 Å². The molecule has 0 bridgehead atoms. The minimum Gasteiger partial charge on any atom is -0.388 e. The van der Waals surface area contributed by atoms with E-state index in [0.29, 0.717) is 5.75 Å². The average molecular weight is 337 g/mol. The topological polar surface area (TPSA) is 33.1 Å². The molecule has 3 aromatic carbocycles. The van der Waals surface area contributed by atoms with Crippen LogP contribution in [0.25, 0.3) is 21.0 Å². The van der Waals surface area contributed by atoms with Crippen LogP contribution in [0, 0.1) is 0 Å². The van der Waals surface area contributed by atoms with E-state index in [1.54, 1.807) is 23.1 Å². The van der Waals surface area contributed by atoms with Gasteiger partial charge in [-0.3, -0.25) is 0 Å². The fourth-order valence-electron chi connectivity index (χ4n) is 2.69. The van der Waals surface area contributed by atoms with Gasteiger partial charge in [-0.15, -0.1) is 11.3 Å². The summed E-state index contributed by atoms with van der Waals surface area (Å²) in [5.41, 5.74) is 2.01. The zero-order valence-electron chi connectivity index (χ0n) is 12.3. The summed E-state index contributed by atoms with van der Waals surface area (Å²) >= 11 is 3.29. The monoisotopic (exact) mass is 337 g/mol. The van der Waals surface area contributed by atoms with Gasteiger partial charge in [0.05, 0.1) is 16.3 Å². The lowest BCUT2D eigenvalue weighted by molar-refractivity contribution is 0.205. The van der Waals surface area contributed by atoms with Gasteiger partial charge < -0.3 is 5.11 Å². The smallest absolute Gasteiger partial charge is 0.151 e. The number of rotatable bonds is 4. The summed E-state index contributed by atoms with van der Waals surface area (Å²) in [7, 11) is 0. The zero-order chi connectivity index (χ0) is 15.6. The number of aromatic nitrogens is 1. The number of thioether (sulfide) groups is 1. The van der Waals surface area contributed by atoms with Gasteiger partial charge >= 0.3 is 0 Å². The molecular formula is C19H15NOS2. The van der Waals surface area contributed by atoms with Crippen molar-refractivity contribution in [3.8, 4) is 0 Å². The Bertz CT molecular complexity index is 925. The molecule has 2 nitrogen and oxygen atoms in total. The fourth-order valence-corrected chi connectivity index (χ4v) is 4.74. The van der Waals surface area contributed by atoms with Crippen LogP contribution >= 0.6 is 23.1 Å². The molecule has 0 aliphatic heterocycles. The maximum atomic E-state index is 10.6. The van der Waals surface area contributed by atoms with Crippen LogP contribution in [0.2, 0.25) is 0 Å². The predicted molar refractivity (Wildman–Crippen MR) is 99.3 cm³/mol. The molecule has 0 radical (unpaired) electrons. The Morgan fingerprint density at radius 2 is 1.74 bits per heavy atom. The number of benzene rings is 3. The van der Waals surface area contributed by atoms with Gasteiger partial charge in [0, 0.05) is 5.75 Å². The second-order valence-corrected chi connectivity index (χ2v) is 7.64. The van der Waals surface area contributed by atoms with Gasteiger partial charge in [0.25, 0.3) is 0 Å². The van der Waals surface area contributed by atoms with E-state index in [1.165, 1.54) is 4.70 Å². The molecule has 0 aliphatic rings. The van der Waals surface area contributed by atoms with Gasteiger partial charge in [-0.25, -0.2) is 4.98 Å². The first-order chi connectivity index (χ1) is 11.3. The second-order valence-electron chi connectivity index (χ2n) is 5.34. The number of hydrogen-bond donors (Lipinski definition) is 1. The highest BCUT2D eigenvalue weighted by Crippen LogP contribution is 2.33. The molecule has 1 heterocycles. The van der Waals surface area contributed by atoms with Crippen LogP contribution < -0.4 is 0 Å². The quantitative estimate of drug-likeness (QED) is 0.515. The molecule has 0 saturated heterocycles. The third kappa shape index (κ3) is 2.98. The number of fused-ring (bicyclic) bond motifs is 2. The number of nitrogens with zero attached hydrogens (tertiary/aromatic N) is 1. The lowest BCUT2D eigenvalue weighted by Crippen LogP contribution is -2.01. The number of thiazole rings is 1. The minimum atomic E-state index is -0.502. The van der Waals surface area contributed by atoms with E-state index in [2.05, 4.69) is 29.2 Å². The van der Waals surface area contributed by atoms with E-state index in [-0.39, 0.29) is 0 Å². The zero-order valence-corrected chi connectivity index (χ0v) is 14.0. The van der Waals surface area contributed by atoms with Crippen molar-refractivity contribution in [3.05, 3.63) is 72.3 Å². The molecule has 0 spiro atoms. The SMILES string of the molecule is OC(CSc1nc2ccccc2s1)c1cccc2ccccc12. The Labute approximate surface area is 142 Å². The third-order valence-corrected chi connectivity index (χ3v) is 6.08. The molecular weight excluding hydrogens is 322 g/mol. The highest BCUT2D eigenvalue weighted by atomic mass is 32.2. The maximum Gasteiger partial charge on any atom is 0.151 e. The van der Waals surface area contributed by atoms with E-state index in [0.717, 1.165) is 26.2 Å². The standard InChI is InChI=1S/C19H15NOS2/c21-17(15-9-5-7-13-6-1-2-8-14(13)15)12-22-19-20-16-10-3-4-11-18(16)23-19/h1-11,17,21H,12H2. The third-order valence-electron chi connectivity index (χ3n) is 3.82. The van der Waals surface area contributed by atoms with Crippen molar-refractivity contribution in [2.45, 2.75) is 10.4 Å². The molecule has 0 saturated carbocycles. The molecule has 4 rings (SSSR count). The molecule has 23 heavy (non-hydrogen) atoms. The lowest BCUT2D eigenvalue weighted by atomic mass is 10.0. The molecule has 1 N–H and O–H groups in total. The number of para-hydroxylation sites is 1.